The number of hydrogen-bond acceptors (Lipinski definition) is 2. The van der Waals surface area contributed by atoms with Gasteiger partial charge in [0.2, 0.25) is 0 Å². The van der Waals surface area contributed by atoms with Crippen LogP contribution in [0.4, 0.5) is 0 Å². The SMILES string of the molecule is [CH2]C(=O)Oc1ccccc1. The van der Waals surface area contributed by atoms with Gasteiger partial charge in [-0.3, -0.25) is 4.79 Å². The summed E-state index contributed by atoms with van der Waals surface area (Å²) in [5.74, 6) is -0.00583. The van der Waals surface area contributed by atoms with Gasteiger partial charge in [0.1, 0.15) is 5.75 Å². The minimum Gasteiger partial charge on any atom is -0.427 e. The van der Waals surface area contributed by atoms with Gasteiger partial charge in [0.05, 0.1) is 6.92 Å². The van der Waals surface area contributed by atoms with Crippen LogP contribution in [0, 0.1) is 6.92 Å². The third-order valence-electron chi connectivity index (χ3n) is 0.975. The number of rotatable bonds is 1. The highest BCUT2D eigenvalue weighted by atomic mass is 16.5. The fourth-order valence-electron chi connectivity index (χ4n) is 0.620. The third-order valence-corrected chi connectivity index (χ3v) is 0.975. The van der Waals surface area contributed by atoms with Gasteiger partial charge >= 0.3 is 5.97 Å². The first-order chi connectivity index (χ1) is 4.79. The highest BCUT2D eigenvalue weighted by molar-refractivity contribution is 5.76. The fraction of sp³-hybridized carbons (Fsp3) is 0. The van der Waals surface area contributed by atoms with E-state index in [0.29, 0.717) is 5.75 Å². The fourth-order valence-corrected chi connectivity index (χ4v) is 0.620. The van der Waals surface area contributed by atoms with E-state index >= 15 is 0 Å². The van der Waals surface area contributed by atoms with Gasteiger partial charge in [0.25, 0.3) is 0 Å². The van der Waals surface area contributed by atoms with Crippen LogP contribution in [0.1, 0.15) is 0 Å². The molecule has 0 atom stereocenters. The molecule has 0 spiro atoms. The molecule has 0 bridgehead atoms. The van der Waals surface area contributed by atoms with E-state index in [1.165, 1.54) is 0 Å². The normalized spacial score (nSPS) is 8.90. The van der Waals surface area contributed by atoms with Crippen molar-refractivity contribution in [2.75, 3.05) is 0 Å². The number of esters is 1. The maximum Gasteiger partial charge on any atom is 0.311 e. The molecule has 2 heteroatoms. The largest absolute Gasteiger partial charge is 0.427 e. The molecule has 0 aliphatic carbocycles. The van der Waals surface area contributed by atoms with Crippen LogP contribution >= 0.6 is 0 Å². The molecule has 0 heterocycles. The van der Waals surface area contributed by atoms with Crippen molar-refractivity contribution in [2.24, 2.45) is 0 Å². The Morgan fingerprint density at radius 3 is 2.40 bits per heavy atom. The van der Waals surface area contributed by atoms with Gasteiger partial charge in [0.15, 0.2) is 0 Å². The zero-order chi connectivity index (χ0) is 7.40. The number of ether oxygens (including phenoxy) is 1. The summed E-state index contributed by atoms with van der Waals surface area (Å²) >= 11 is 0. The Kier molecular flexibility index (Phi) is 2.05. The van der Waals surface area contributed by atoms with Crippen molar-refractivity contribution in [1.29, 1.82) is 0 Å². The van der Waals surface area contributed by atoms with Crippen LogP contribution in [-0.4, -0.2) is 5.97 Å². The van der Waals surface area contributed by atoms with Crippen LogP contribution in [0.25, 0.3) is 0 Å². The van der Waals surface area contributed by atoms with Gasteiger partial charge in [-0.15, -0.1) is 0 Å². The molecule has 0 saturated carbocycles. The van der Waals surface area contributed by atoms with Crippen molar-refractivity contribution >= 4 is 5.97 Å². The number of para-hydroxylation sites is 1. The Hall–Kier alpha value is -1.31. The summed E-state index contributed by atoms with van der Waals surface area (Å²) in [4.78, 5) is 10.3. The molecule has 1 aromatic rings. The summed E-state index contributed by atoms with van der Waals surface area (Å²) in [6, 6.07) is 8.82. The molecule has 1 aromatic carbocycles. The standard InChI is InChI=1S/C8H7O2/c1-7(9)10-8-5-3-2-4-6-8/h2-6H,1H2. The van der Waals surface area contributed by atoms with Gasteiger partial charge in [-0.1, -0.05) is 18.2 Å². The van der Waals surface area contributed by atoms with Crippen LogP contribution in [0.2, 0.25) is 0 Å². The average Bonchev–Trinajstić information content (AvgIpc) is 1.88. The first kappa shape index (κ1) is 6.81. The van der Waals surface area contributed by atoms with Crippen LogP contribution in [0.5, 0.6) is 5.75 Å². The van der Waals surface area contributed by atoms with Gasteiger partial charge in [-0.05, 0) is 12.1 Å². The molecular weight excluding hydrogens is 128 g/mol. The van der Waals surface area contributed by atoms with Crippen molar-refractivity contribution in [3.63, 3.8) is 0 Å². The van der Waals surface area contributed by atoms with Gasteiger partial charge in [0, 0.05) is 0 Å². The van der Waals surface area contributed by atoms with Crippen LogP contribution in [-0.2, 0) is 4.79 Å². The minimum atomic E-state index is -0.536. The first-order valence-corrected chi connectivity index (χ1v) is 2.88. The monoisotopic (exact) mass is 135 g/mol. The summed E-state index contributed by atoms with van der Waals surface area (Å²) in [6.45, 7) is 3.07. The molecule has 0 aliphatic heterocycles. The number of carbonyl (C=O) groups excluding carboxylic acids is 1. The molecule has 2 nitrogen and oxygen atoms in total. The van der Waals surface area contributed by atoms with E-state index in [9.17, 15) is 4.79 Å². The van der Waals surface area contributed by atoms with E-state index in [1.807, 2.05) is 6.07 Å². The molecule has 1 radical (unpaired) electrons. The summed E-state index contributed by atoms with van der Waals surface area (Å²) in [5, 5.41) is 0. The van der Waals surface area contributed by atoms with Crippen LogP contribution < -0.4 is 4.74 Å². The quantitative estimate of drug-likeness (QED) is 0.430. The summed E-state index contributed by atoms with van der Waals surface area (Å²) in [6.07, 6.45) is 0. The zero-order valence-electron chi connectivity index (χ0n) is 5.41. The molecule has 51 valence electrons. The van der Waals surface area contributed by atoms with Gasteiger partial charge in [-0.25, -0.2) is 0 Å². The first-order valence-electron chi connectivity index (χ1n) is 2.88. The maximum atomic E-state index is 10.3. The molecule has 0 N–H and O–H groups in total. The highest BCUT2D eigenvalue weighted by Gasteiger charge is 1.93. The number of carbonyl (C=O) groups is 1. The van der Waals surface area contributed by atoms with E-state index < -0.39 is 5.97 Å². The maximum absolute atomic E-state index is 10.3. The lowest BCUT2D eigenvalue weighted by Gasteiger charge is -1.97. The van der Waals surface area contributed by atoms with Gasteiger partial charge < -0.3 is 4.74 Å². The number of benzene rings is 1. The zero-order valence-corrected chi connectivity index (χ0v) is 5.41. The molecule has 1 rings (SSSR count). The Morgan fingerprint density at radius 2 is 1.90 bits per heavy atom. The van der Waals surface area contributed by atoms with E-state index in [-0.39, 0.29) is 0 Å². The summed E-state index contributed by atoms with van der Waals surface area (Å²) in [5.41, 5.74) is 0. The molecular formula is C8H7O2. The summed E-state index contributed by atoms with van der Waals surface area (Å²) in [7, 11) is 0. The molecule has 0 fully saturated rings. The smallest absolute Gasteiger partial charge is 0.311 e. The average molecular weight is 135 g/mol. The van der Waals surface area contributed by atoms with Crippen molar-refractivity contribution in [3.8, 4) is 5.75 Å². The lowest BCUT2D eigenvalue weighted by molar-refractivity contribution is -0.129. The Bertz CT molecular complexity index is 216. The second-order valence-electron chi connectivity index (χ2n) is 1.79. The predicted molar refractivity (Wildman–Crippen MR) is 37.4 cm³/mol. The second kappa shape index (κ2) is 3.01. The minimum absolute atomic E-state index is 0.530. The van der Waals surface area contributed by atoms with Crippen molar-refractivity contribution in [2.45, 2.75) is 0 Å². The molecule has 0 unspecified atom stereocenters. The molecule has 0 saturated heterocycles. The Balaban J connectivity index is 2.67. The highest BCUT2D eigenvalue weighted by Crippen LogP contribution is 2.07. The second-order valence-corrected chi connectivity index (χ2v) is 1.79. The third kappa shape index (κ3) is 1.90. The topological polar surface area (TPSA) is 26.3 Å². The molecule has 10 heavy (non-hydrogen) atoms. The van der Waals surface area contributed by atoms with E-state index in [0.717, 1.165) is 0 Å². The Labute approximate surface area is 59.4 Å². The van der Waals surface area contributed by atoms with Gasteiger partial charge in [-0.2, -0.15) is 0 Å². The van der Waals surface area contributed by atoms with E-state index in [1.54, 1.807) is 24.3 Å². The van der Waals surface area contributed by atoms with E-state index in [2.05, 4.69) is 11.7 Å². The van der Waals surface area contributed by atoms with Crippen molar-refractivity contribution in [1.82, 2.24) is 0 Å². The summed E-state index contributed by atoms with van der Waals surface area (Å²) < 4.78 is 4.66. The van der Waals surface area contributed by atoms with E-state index in [4.69, 9.17) is 0 Å². The molecule has 0 aliphatic rings. The predicted octanol–water partition coefficient (Wildman–Crippen LogP) is 1.43. The Morgan fingerprint density at radius 1 is 1.30 bits per heavy atom. The van der Waals surface area contributed by atoms with Crippen LogP contribution in [0.15, 0.2) is 30.3 Å². The van der Waals surface area contributed by atoms with Crippen LogP contribution in [0.3, 0.4) is 0 Å². The van der Waals surface area contributed by atoms with Crippen molar-refractivity contribution < 1.29 is 9.53 Å². The lowest BCUT2D eigenvalue weighted by atomic mass is 10.3. The molecule has 0 amide bonds. The number of hydrogen-bond donors (Lipinski definition) is 0. The van der Waals surface area contributed by atoms with Crippen molar-refractivity contribution in [3.05, 3.63) is 37.3 Å². The molecule has 0 aromatic heterocycles. The lowest BCUT2D eigenvalue weighted by Crippen LogP contribution is -2.00.